The maximum Gasteiger partial charge on any atom is 0.303 e. The SMILES string of the molecule is Cc1nc(CCC(=O)O)ccc1-c1cnc(NCc2c(F)ccc3c2CCO3)n2cnnc12. The molecule has 0 spiro atoms. The van der Waals surface area contributed by atoms with Crippen LogP contribution >= 0.6 is 0 Å². The van der Waals surface area contributed by atoms with Gasteiger partial charge in [-0.25, -0.2) is 9.37 Å². The van der Waals surface area contributed by atoms with Gasteiger partial charge in [-0.3, -0.25) is 14.2 Å². The highest BCUT2D eigenvalue weighted by Gasteiger charge is 2.20. The number of aromatic nitrogens is 5. The molecule has 168 valence electrons. The zero-order valence-corrected chi connectivity index (χ0v) is 17.9. The molecule has 1 aromatic carbocycles. The highest BCUT2D eigenvalue weighted by atomic mass is 19.1. The zero-order chi connectivity index (χ0) is 22.9. The number of pyridine rings is 1. The number of hydrogen-bond acceptors (Lipinski definition) is 7. The lowest BCUT2D eigenvalue weighted by Crippen LogP contribution is -2.10. The number of carboxylic acid groups (broad SMARTS) is 1. The summed E-state index contributed by atoms with van der Waals surface area (Å²) in [6.45, 7) is 2.66. The number of anilines is 1. The van der Waals surface area contributed by atoms with Gasteiger partial charge in [-0.2, -0.15) is 0 Å². The van der Waals surface area contributed by atoms with E-state index in [2.05, 4.69) is 25.5 Å². The highest BCUT2D eigenvalue weighted by Crippen LogP contribution is 2.31. The van der Waals surface area contributed by atoms with Crippen molar-refractivity contribution in [3.63, 3.8) is 0 Å². The first kappa shape index (κ1) is 20.8. The number of nitrogens with zero attached hydrogens (tertiary/aromatic N) is 5. The number of carbonyl (C=O) groups is 1. The Labute approximate surface area is 188 Å². The lowest BCUT2D eigenvalue weighted by molar-refractivity contribution is -0.136. The molecule has 0 radical (unpaired) electrons. The van der Waals surface area contributed by atoms with Crippen molar-refractivity contribution in [1.29, 1.82) is 0 Å². The van der Waals surface area contributed by atoms with Crippen molar-refractivity contribution in [2.45, 2.75) is 32.7 Å². The first-order chi connectivity index (χ1) is 16.0. The molecule has 4 heterocycles. The van der Waals surface area contributed by atoms with Crippen LogP contribution in [0.15, 0.2) is 36.8 Å². The molecular weight excluding hydrogens is 427 g/mol. The van der Waals surface area contributed by atoms with Crippen LogP contribution in [-0.4, -0.2) is 42.2 Å². The highest BCUT2D eigenvalue weighted by molar-refractivity contribution is 5.79. The monoisotopic (exact) mass is 448 g/mol. The second-order valence-electron chi connectivity index (χ2n) is 7.80. The quantitative estimate of drug-likeness (QED) is 0.443. The van der Waals surface area contributed by atoms with E-state index >= 15 is 0 Å². The van der Waals surface area contributed by atoms with Crippen LogP contribution in [0.25, 0.3) is 16.8 Å². The van der Waals surface area contributed by atoms with Crippen LogP contribution in [0.4, 0.5) is 10.3 Å². The van der Waals surface area contributed by atoms with Crippen LogP contribution in [0.3, 0.4) is 0 Å². The third kappa shape index (κ3) is 3.95. The number of fused-ring (bicyclic) bond motifs is 2. The molecule has 3 aromatic heterocycles. The zero-order valence-electron chi connectivity index (χ0n) is 17.9. The molecule has 0 atom stereocenters. The minimum absolute atomic E-state index is 0.0273. The summed E-state index contributed by atoms with van der Waals surface area (Å²) in [5, 5.41) is 20.4. The summed E-state index contributed by atoms with van der Waals surface area (Å²) in [4.78, 5) is 19.9. The Morgan fingerprint density at radius 2 is 2.15 bits per heavy atom. The van der Waals surface area contributed by atoms with Crippen LogP contribution in [0.2, 0.25) is 0 Å². The van der Waals surface area contributed by atoms with Gasteiger partial charge in [0.2, 0.25) is 5.95 Å². The van der Waals surface area contributed by atoms with E-state index in [1.165, 1.54) is 6.07 Å². The summed E-state index contributed by atoms with van der Waals surface area (Å²) in [7, 11) is 0. The topological polar surface area (TPSA) is 115 Å². The number of nitrogens with one attached hydrogen (secondary N) is 1. The molecule has 1 aliphatic rings. The average Bonchev–Trinajstić information content (AvgIpc) is 3.47. The fraction of sp³-hybridized carbons (Fsp3) is 0.261. The van der Waals surface area contributed by atoms with Crippen LogP contribution < -0.4 is 10.1 Å². The molecule has 0 aliphatic carbocycles. The Kier molecular flexibility index (Phi) is 5.33. The van der Waals surface area contributed by atoms with Crippen LogP contribution in [-0.2, 0) is 24.2 Å². The van der Waals surface area contributed by atoms with Crippen molar-refractivity contribution >= 4 is 17.6 Å². The van der Waals surface area contributed by atoms with E-state index in [0.29, 0.717) is 42.3 Å². The van der Waals surface area contributed by atoms with E-state index in [1.54, 1.807) is 23.0 Å². The fourth-order valence-corrected chi connectivity index (χ4v) is 4.09. The number of ether oxygens (including phenoxy) is 1. The summed E-state index contributed by atoms with van der Waals surface area (Å²) in [5.41, 5.74) is 5.05. The first-order valence-corrected chi connectivity index (χ1v) is 10.6. The van der Waals surface area contributed by atoms with E-state index in [9.17, 15) is 9.18 Å². The maximum absolute atomic E-state index is 14.5. The van der Waals surface area contributed by atoms with E-state index in [-0.39, 0.29) is 18.8 Å². The largest absolute Gasteiger partial charge is 0.493 e. The summed E-state index contributed by atoms with van der Waals surface area (Å²) >= 11 is 0. The van der Waals surface area contributed by atoms with E-state index in [0.717, 1.165) is 28.1 Å². The van der Waals surface area contributed by atoms with Gasteiger partial charge in [0.05, 0.1) is 13.0 Å². The van der Waals surface area contributed by atoms with Crippen molar-refractivity contribution in [1.82, 2.24) is 24.6 Å². The molecule has 1 aliphatic heterocycles. The Bertz CT molecular complexity index is 1370. The van der Waals surface area contributed by atoms with Crippen molar-refractivity contribution in [2.75, 3.05) is 11.9 Å². The predicted molar refractivity (Wildman–Crippen MR) is 118 cm³/mol. The predicted octanol–water partition coefficient (Wildman–Crippen LogP) is 3.20. The van der Waals surface area contributed by atoms with Gasteiger partial charge in [-0.15, -0.1) is 10.2 Å². The van der Waals surface area contributed by atoms with Gasteiger partial charge in [-0.1, -0.05) is 6.07 Å². The molecule has 9 nitrogen and oxygen atoms in total. The van der Waals surface area contributed by atoms with Crippen LogP contribution in [0.5, 0.6) is 5.75 Å². The maximum atomic E-state index is 14.5. The Balaban J connectivity index is 1.43. The van der Waals surface area contributed by atoms with Crippen molar-refractivity contribution in [3.8, 4) is 16.9 Å². The summed E-state index contributed by atoms with van der Waals surface area (Å²) in [5.74, 6) is 0.0657. The molecule has 0 unspecified atom stereocenters. The van der Waals surface area contributed by atoms with E-state index in [1.807, 2.05) is 19.1 Å². The molecule has 2 N–H and O–H groups in total. The molecule has 10 heteroatoms. The molecule has 0 saturated carbocycles. The van der Waals surface area contributed by atoms with Crippen LogP contribution in [0.1, 0.15) is 28.9 Å². The van der Waals surface area contributed by atoms with Crippen LogP contribution in [0, 0.1) is 12.7 Å². The smallest absolute Gasteiger partial charge is 0.303 e. The molecule has 5 rings (SSSR count). The molecule has 0 bridgehead atoms. The minimum atomic E-state index is -0.858. The van der Waals surface area contributed by atoms with Gasteiger partial charge in [0, 0.05) is 59.2 Å². The third-order valence-electron chi connectivity index (χ3n) is 5.73. The van der Waals surface area contributed by atoms with Gasteiger partial charge in [0.1, 0.15) is 17.9 Å². The molecule has 4 aromatic rings. The number of aryl methyl sites for hydroxylation is 2. The Morgan fingerprint density at radius 1 is 1.27 bits per heavy atom. The number of benzene rings is 1. The normalized spacial score (nSPS) is 12.5. The Morgan fingerprint density at radius 3 is 2.97 bits per heavy atom. The van der Waals surface area contributed by atoms with Crippen molar-refractivity contribution in [3.05, 3.63) is 65.1 Å². The number of hydrogen-bond donors (Lipinski definition) is 2. The molecule has 0 saturated heterocycles. The van der Waals surface area contributed by atoms with Crippen molar-refractivity contribution in [2.24, 2.45) is 0 Å². The van der Waals surface area contributed by atoms with Gasteiger partial charge >= 0.3 is 5.97 Å². The average molecular weight is 448 g/mol. The molecule has 0 amide bonds. The van der Waals surface area contributed by atoms with E-state index in [4.69, 9.17) is 9.84 Å². The third-order valence-corrected chi connectivity index (χ3v) is 5.73. The standard InChI is InChI=1S/C23H21FN6O3/c1-13-15(4-2-14(28-13)3-7-21(31)32)18-11-26-23(30-12-27-29-22(18)30)25-10-17-16-8-9-33-20(16)6-5-19(17)24/h2,4-6,11-12H,3,7-10H2,1H3,(H,25,26)(H,31,32). The fourth-order valence-electron chi connectivity index (χ4n) is 4.09. The van der Waals surface area contributed by atoms with Gasteiger partial charge < -0.3 is 15.2 Å². The first-order valence-electron chi connectivity index (χ1n) is 10.6. The molecule has 0 fully saturated rings. The lowest BCUT2D eigenvalue weighted by Gasteiger charge is -2.13. The van der Waals surface area contributed by atoms with Gasteiger partial charge in [0.25, 0.3) is 0 Å². The Hall–Kier alpha value is -4.08. The summed E-state index contributed by atoms with van der Waals surface area (Å²) < 4.78 is 21.7. The molecular formula is C23H21FN6O3. The number of aliphatic carboxylic acids is 1. The second kappa shape index (κ2) is 8.45. The van der Waals surface area contributed by atoms with E-state index < -0.39 is 5.97 Å². The van der Waals surface area contributed by atoms with Gasteiger partial charge in [-0.05, 0) is 25.1 Å². The number of halogens is 1. The van der Waals surface area contributed by atoms with Crippen molar-refractivity contribution < 1.29 is 19.0 Å². The number of rotatable bonds is 7. The van der Waals surface area contributed by atoms with Gasteiger partial charge in [0.15, 0.2) is 5.65 Å². The second-order valence-corrected chi connectivity index (χ2v) is 7.80. The molecule has 33 heavy (non-hydrogen) atoms. The summed E-state index contributed by atoms with van der Waals surface area (Å²) in [6.07, 6.45) is 4.30. The lowest BCUT2D eigenvalue weighted by atomic mass is 10.0. The summed E-state index contributed by atoms with van der Waals surface area (Å²) in [6, 6.07) is 6.78. The minimum Gasteiger partial charge on any atom is -0.493 e. The number of carboxylic acids is 1.